The average molecular weight is 530 g/mol. The Bertz CT molecular complexity index is 1240. The molecular weight excluding hydrogens is 495 g/mol. The first-order valence-corrected chi connectivity index (χ1v) is 13.6. The highest BCUT2D eigenvalue weighted by atomic mass is 19.3. The minimum Gasteiger partial charge on any atom is -0.378 e. The number of likely N-dealkylation sites (tertiary alicyclic amines) is 1. The summed E-state index contributed by atoms with van der Waals surface area (Å²) in [6.07, 6.45) is 2.52. The smallest absolute Gasteiger partial charge is 0.296 e. The van der Waals surface area contributed by atoms with Crippen molar-refractivity contribution in [3.63, 3.8) is 0 Å². The first kappa shape index (κ1) is 25.4. The van der Waals surface area contributed by atoms with Gasteiger partial charge in [-0.3, -0.25) is 9.47 Å². The van der Waals surface area contributed by atoms with Gasteiger partial charge in [0.2, 0.25) is 5.95 Å². The molecule has 0 spiro atoms. The minimum atomic E-state index is -2.75. The maximum absolute atomic E-state index is 14.1. The van der Waals surface area contributed by atoms with E-state index in [0.29, 0.717) is 66.9 Å². The van der Waals surface area contributed by atoms with E-state index in [1.54, 1.807) is 24.3 Å². The van der Waals surface area contributed by atoms with Crippen LogP contribution in [0.3, 0.4) is 0 Å². The van der Waals surface area contributed by atoms with E-state index in [2.05, 4.69) is 15.2 Å². The summed E-state index contributed by atoms with van der Waals surface area (Å²) in [5, 5.41) is 3.48. The molecule has 0 bridgehead atoms. The second kappa shape index (κ2) is 11.1. The van der Waals surface area contributed by atoms with E-state index >= 15 is 0 Å². The summed E-state index contributed by atoms with van der Waals surface area (Å²) in [5.41, 5.74) is 1.08. The van der Waals surface area contributed by atoms with Crippen molar-refractivity contribution in [2.75, 3.05) is 56.3 Å². The molecule has 1 aliphatic carbocycles. The molecule has 1 N–H and O–H groups in total. The lowest BCUT2D eigenvalue weighted by atomic mass is 9.83. The van der Waals surface area contributed by atoms with E-state index in [1.807, 2.05) is 11.0 Å². The van der Waals surface area contributed by atoms with Crippen LogP contribution in [0.25, 0.3) is 16.9 Å². The number of rotatable bonds is 8. The number of nitrogens with one attached hydrogen (secondary N) is 1. The monoisotopic (exact) mass is 529 g/mol. The van der Waals surface area contributed by atoms with Gasteiger partial charge < -0.3 is 15.0 Å². The first-order valence-electron chi connectivity index (χ1n) is 13.6. The van der Waals surface area contributed by atoms with Gasteiger partial charge in [-0.1, -0.05) is 12.1 Å². The van der Waals surface area contributed by atoms with Crippen LogP contribution in [0.5, 0.6) is 0 Å². The Balaban J connectivity index is 1.24. The zero-order valence-corrected chi connectivity index (χ0v) is 21.4. The van der Waals surface area contributed by atoms with Crippen molar-refractivity contribution in [1.29, 1.82) is 0 Å². The molecule has 0 radical (unpaired) electrons. The van der Waals surface area contributed by atoms with Crippen LogP contribution in [-0.2, 0) is 4.74 Å². The topological polar surface area (TPSA) is 71.3 Å². The van der Waals surface area contributed by atoms with Crippen molar-refractivity contribution in [2.24, 2.45) is 5.92 Å². The highest BCUT2D eigenvalue weighted by Crippen LogP contribution is 2.33. The molecule has 0 unspecified atom stereocenters. The first-order chi connectivity index (χ1) is 18.6. The van der Waals surface area contributed by atoms with E-state index in [0.717, 1.165) is 45.2 Å². The summed E-state index contributed by atoms with van der Waals surface area (Å²) in [6.45, 7) is 3.91. The zero-order valence-electron chi connectivity index (χ0n) is 21.4. The predicted molar refractivity (Wildman–Crippen MR) is 140 cm³/mol. The third-order valence-corrected chi connectivity index (χ3v) is 8.23. The highest BCUT2D eigenvalue weighted by Gasteiger charge is 2.35. The molecule has 38 heavy (non-hydrogen) atoms. The van der Waals surface area contributed by atoms with Crippen LogP contribution in [0.1, 0.15) is 44.4 Å². The summed E-state index contributed by atoms with van der Waals surface area (Å²) >= 11 is 0. The van der Waals surface area contributed by atoms with Crippen LogP contribution >= 0.6 is 0 Å². The maximum Gasteiger partial charge on any atom is 0.296 e. The molecule has 3 aromatic rings. The Morgan fingerprint density at radius 3 is 2.47 bits per heavy atom. The van der Waals surface area contributed by atoms with Crippen LogP contribution in [0.2, 0.25) is 0 Å². The zero-order chi connectivity index (χ0) is 26.1. The minimum absolute atomic E-state index is 0.116. The number of aromatic nitrogens is 4. The molecule has 11 heteroatoms. The van der Waals surface area contributed by atoms with Gasteiger partial charge in [-0.2, -0.15) is 9.97 Å². The standard InChI is InChI=1S/C27H34F3N7O/c28-16-20-9-10-36(20)19-7-5-18(6-8-19)17-31-23-15-24(34-27(33-23)35-11-13-38-14-12-35)37-22-4-2-1-3-21(22)32-26(37)25(29)30/h1-4,15,18-20,25H,5-14,16-17H2,(H,31,33,34)/t18?,19?,20-/m0/s1. The maximum atomic E-state index is 14.1. The molecule has 3 fully saturated rings. The fourth-order valence-corrected chi connectivity index (χ4v) is 6.00. The van der Waals surface area contributed by atoms with Gasteiger partial charge in [0.05, 0.1) is 24.2 Å². The van der Waals surface area contributed by atoms with Crippen molar-refractivity contribution in [2.45, 2.75) is 50.6 Å². The molecule has 4 heterocycles. The number of benzene rings is 1. The molecule has 2 aliphatic heterocycles. The largest absolute Gasteiger partial charge is 0.378 e. The molecule has 6 rings (SSSR count). The number of ether oxygens (including phenoxy) is 1. The average Bonchev–Trinajstić information content (AvgIpc) is 3.33. The fourth-order valence-electron chi connectivity index (χ4n) is 6.00. The quantitative estimate of drug-likeness (QED) is 0.457. The number of halogens is 3. The van der Waals surface area contributed by atoms with Crippen LogP contribution in [0, 0.1) is 5.92 Å². The van der Waals surface area contributed by atoms with Crippen molar-refractivity contribution in [3.05, 3.63) is 36.2 Å². The number of imidazole rings is 1. The molecule has 2 aromatic heterocycles. The number of hydrogen-bond acceptors (Lipinski definition) is 7. The summed E-state index contributed by atoms with van der Waals surface area (Å²) in [7, 11) is 0. The number of para-hydroxylation sites is 2. The number of hydrogen-bond donors (Lipinski definition) is 1. The van der Waals surface area contributed by atoms with Gasteiger partial charge in [0.1, 0.15) is 18.3 Å². The molecule has 204 valence electrons. The summed E-state index contributed by atoms with van der Waals surface area (Å²) in [6, 6.07) is 9.45. The van der Waals surface area contributed by atoms with E-state index in [1.165, 1.54) is 4.57 Å². The summed E-state index contributed by atoms with van der Waals surface area (Å²) in [5.74, 6) is 1.61. The van der Waals surface area contributed by atoms with E-state index < -0.39 is 6.43 Å². The lowest BCUT2D eigenvalue weighted by Crippen LogP contribution is -2.55. The van der Waals surface area contributed by atoms with Gasteiger partial charge >= 0.3 is 0 Å². The van der Waals surface area contributed by atoms with E-state index in [4.69, 9.17) is 14.7 Å². The van der Waals surface area contributed by atoms with E-state index in [-0.39, 0.29) is 18.5 Å². The number of nitrogens with zero attached hydrogens (tertiary/aromatic N) is 6. The molecule has 1 aromatic carbocycles. The number of morpholine rings is 1. The van der Waals surface area contributed by atoms with Gasteiger partial charge in [-0.15, -0.1) is 0 Å². The molecule has 3 aliphatic rings. The molecular formula is C27H34F3N7O. The van der Waals surface area contributed by atoms with Crippen molar-refractivity contribution >= 4 is 22.8 Å². The number of anilines is 2. The van der Waals surface area contributed by atoms with Crippen LogP contribution in [0.4, 0.5) is 24.9 Å². The predicted octanol–water partition coefficient (Wildman–Crippen LogP) is 4.60. The third-order valence-electron chi connectivity index (χ3n) is 8.23. The molecule has 8 nitrogen and oxygen atoms in total. The Hall–Kier alpha value is -2.92. The van der Waals surface area contributed by atoms with Crippen LogP contribution in [-0.4, -0.2) is 82.6 Å². The van der Waals surface area contributed by atoms with Crippen molar-refractivity contribution < 1.29 is 17.9 Å². The number of fused-ring (bicyclic) bond motifs is 1. The Morgan fingerprint density at radius 1 is 0.974 bits per heavy atom. The Morgan fingerprint density at radius 2 is 1.76 bits per heavy atom. The Kier molecular flexibility index (Phi) is 7.38. The molecule has 1 atom stereocenters. The van der Waals surface area contributed by atoms with Gasteiger partial charge in [-0.25, -0.2) is 18.2 Å². The van der Waals surface area contributed by atoms with E-state index in [9.17, 15) is 13.2 Å². The lowest BCUT2D eigenvalue weighted by Gasteiger charge is -2.47. The molecule has 1 saturated carbocycles. The second-order valence-electron chi connectivity index (χ2n) is 10.5. The summed E-state index contributed by atoms with van der Waals surface area (Å²) in [4.78, 5) is 18.1. The van der Waals surface area contributed by atoms with Crippen molar-refractivity contribution in [3.8, 4) is 5.82 Å². The fraction of sp³-hybridized carbons (Fsp3) is 0.593. The summed E-state index contributed by atoms with van der Waals surface area (Å²) < 4.78 is 48.2. The highest BCUT2D eigenvalue weighted by molar-refractivity contribution is 5.78. The van der Waals surface area contributed by atoms with Gasteiger partial charge in [0, 0.05) is 44.3 Å². The lowest BCUT2D eigenvalue weighted by molar-refractivity contribution is 0.00532. The van der Waals surface area contributed by atoms with Gasteiger partial charge in [-0.05, 0) is 50.2 Å². The van der Waals surface area contributed by atoms with Crippen LogP contribution in [0.15, 0.2) is 30.3 Å². The SMILES string of the molecule is FC[C@@H]1CCN1C1CCC(CNc2cc(-n3c(C(F)F)nc4ccccc43)nc(N3CCOCC3)n2)CC1. The Labute approximate surface area is 220 Å². The number of alkyl halides is 3. The molecule has 0 amide bonds. The van der Waals surface area contributed by atoms with Crippen molar-refractivity contribution in [1.82, 2.24) is 24.4 Å². The third kappa shape index (κ3) is 5.05. The second-order valence-corrected chi connectivity index (χ2v) is 10.5. The normalized spacial score (nSPS) is 24.6. The van der Waals surface area contributed by atoms with Gasteiger partial charge in [0.15, 0.2) is 5.82 Å². The van der Waals surface area contributed by atoms with Crippen LogP contribution < -0.4 is 10.2 Å². The molecule has 2 saturated heterocycles. The van der Waals surface area contributed by atoms with Gasteiger partial charge in [0.25, 0.3) is 6.43 Å².